The van der Waals surface area contributed by atoms with Crippen LogP contribution in [0.4, 0.5) is 22.0 Å². The van der Waals surface area contributed by atoms with Crippen LogP contribution in [0.3, 0.4) is 0 Å². The van der Waals surface area contributed by atoms with Gasteiger partial charge >= 0.3 is 0 Å². The number of carbonyl (C=O) groups excluding carboxylic acids is 1. The molecule has 3 rings (SSSR count). The van der Waals surface area contributed by atoms with Crippen LogP contribution in [0.1, 0.15) is 31.2 Å². The lowest BCUT2D eigenvalue weighted by molar-refractivity contribution is 0.104. The second-order valence-electron chi connectivity index (χ2n) is 6.78. The largest absolute Gasteiger partial charge is 0.496 e. The molecule has 0 amide bonds. The van der Waals surface area contributed by atoms with Crippen molar-refractivity contribution in [1.29, 1.82) is 0 Å². The number of ketones is 1. The Labute approximate surface area is 184 Å². The lowest BCUT2D eigenvalue weighted by Gasteiger charge is -2.13. The third-order valence-electron chi connectivity index (χ3n) is 4.58. The van der Waals surface area contributed by atoms with E-state index in [-0.39, 0.29) is 17.1 Å². The van der Waals surface area contributed by atoms with Gasteiger partial charge in [0.2, 0.25) is 29.1 Å². The Bertz CT molecular complexity index is 1190. The molecular formula is C23H17F5O3S. The van der Waals surface area contributed by atoms with Crippen molar-refractivity contribution in [3.63, 3.8) is 0 Å². The van der Waals surface area contributed by atoms with Gasteiger partial charge in [0.15, 0.2) is 11.5 Å². The minimum Gasteiger partial charge on any atom is -0.496 e. The van der Waals surface area contributed by atoms with Crippen molar-refractivity contribution < 1.29 is 36.2 Å². The molecule has 0 aliphatic carbocycles. The van der Waals surface area contributed by atoms with Gasteiger partial charge in [-0.25, -0.2) is 13.2 Å². The second kappa shape index (κ2) is 9.52. The van der Waals surface area contributed by atoms with E-state index in [2.05, 4.69) is 0 Å². The molecule has 0 saturated heterocycles. The first kappa shape index (κ1) is 23.5. The number of allylic oxidation sites excluding steroid dienone is 1. The van der Waals surface area contributed by atoms with E-state index in [1.54, 1.807) is 12.1 Å². The lowest BCUT2D eigenvalue weighted by atomic mass is 10.1. The van der Waals surface area contributed by atoms with E-state index in [1.807, 2.05) is 13.8 Å². The molecule has 0 saturated carbocycles. The molecular weight excluding hydrogens is 451 g/mol. The monoisotopic (exact) mass is 468 g/mol. The zero-order valence-corrected chi connectivity index (χ0v) is 18.0. The minimum atomic E-state index is -2.27. The van der Waals surface area contributed by atoms with E-state index in [0.717, 1.165) is 9.75 Å². The summed E-state index contributed by atoms with van der Waals surface area (Å²) in [4.78, 5) is 14.3. The Morgan fingerprint density at radius 1 is 0.969 bits per heavy atom. The highest BCUT2D eigenvalue weighted by molar-refractivity contribution is 7.12. The number of thiophene rings is 1. The highest BCUT2D eigenvalue weighted by Crippen LogP contribution is 2.31. The number of hydrogen-bond acceptors (Lipinski definition) is 4. The third-order valence-corrected chi connectivity index (χ3v) is 5.55. The normalized spacial score (nSPS) is 11.2. The standard InChI is InChI=1S/C23H17F5O3S/c1-11-8-15(12(2)32-11)16(29)6-4-13-5-7-17(30-3)14(9-13)10-31-23-21(27)19(25)18(24)20(26)22(23)28/h4-9H,10H2,1-3H3/b6-4+. The molecule has 1 heterocycles. The summed E-state index contributed by atoms with van der Waals surface area (Å²) in [5, 5.41) is 0. The minimum absolute atomic E-state index is 0.193. The molecule has 0 radical (unpaired) electrons. The molecule has 0 bridgehead atoms. The highest BCUT2D eigenvalue weighted by atomic mass is 32.1. The van der Waals surface area contributed by atoms with Crippen LogP contribution in [0.5, 0.6) is 11.5 Å². The number of hydrogen-bond donors (Lipinski definition) is 0. The van der Waals surface area contributed by atoms with Crippen LogP contribution < -0.4 is 9.47 Å². The van der Waals surface area contributed by atoms with Gasteiger partial charge in [0.25, 0.3) is 0 Å². The van der Waals surface area contributed by atoms with E-state index in [4.69, 9.17) is 9.47 Å². The fourth-order valence-corrected chi connectivity index (χ4v) is 3.94. The summed E-state index contributed by atoms with van der Waals surface area (Å²) < 4.78 is 77.7. The van der Waals surface area contributed by atoms with Gasteiger partial charge in [-0.1, -0.05) is 12.1 Å². The molecule has 0 aliphatic heterocycles. The molecule has 0 unspecified atom stereocenters. The van der Waals surface area contributed by atoms with E-state index < -0.39 is 41.4 Å². The molecule has 0 N–H and O–H groups in total. The Kier molecular flexibility index (Phi) is 6.98. The number of rotatable bonds is 7. The molecule has 0 aliphatic rings. The quantitative estimate of drug-likeness (QED) is 0.130. The van der Waals surface area contributed by atoms with Crippen LogP contribution in [0.15, 0.2) is 30.3 Å². The summed E-state index contributed by atoms with van der Waals surface area (Å²) in [5.74, 6) is -11.9. The topological polar surface area (TPSA) is 35.5 Å². The smallest absolute Gasteiger partial charge is 0.207 e. The number of halogens is 5. The highest BCUT2D eigenvalue weighted by Gasteiger charge is 2.27. The Hall–Kier alpha value is -3.20. The van der Waals surface area contributed by atoms with Crippen LogP contribution in [0, 0.1) is 42.9 Å². The zero-order chi connectivity index (χ0) is 23.6. The fraction of sp³-hybridized carbons (Fsp3) is 0.174. The molecule has 9 heteroatoms. The first-order valence-corrected chi connectivity index (χ1v) is 10.1. The zero-order valence-electron chi connectivity index (χ0n) is 17.2. The molecule has 3 nitrogen and oxygen atoms in total. The summed E-state index contributed by atoms with van der Waals surface area (Å²) in [6.07, 6.45) is 2.92. The van der Waals surface area contributed by atoms with Gasteiger partial charge in [0.1, 0.15) is 12.4 Å². The number of benzene rings is 2. The van der Waals surface area contributed by atoms with Crippen LogP contribution in [0.25, 0.3) is 6.08 Å². The molecule has 0 atom stereocenters. The van der Waals surface area contributed by atoms with Crippen molar-refractivity contribution in [2.24, 2.45) is 0 Å². The second-order valence-corrected chi connectivity index (χ2v) is 8.24. The maximum Gasteiger partial charge on any atom is 0.207 e. The first-order valence-electron chi connectivity index (χ1n) is 9.24. The Morgan fingerprint density at radius 3 is 2.16 bits per heavy atom. The number of carbonyl (C=O) groups is 1. The average Bonchev–Trinajstić information content (AvgIpc) is 3.12. The predicted molar refractivity (Wildman–Crippen MR) is 111 cm³/mol. The number of methoxy groups -OCH3 is 1. The van der Waals surface area contributed by atoms with Gasteiger partial charge in [-0.2, -0.15) is 8.78 Å². The van der Waals surface area contributed by atoms with E-state index in [1.165, 1.54) is 42.7 Å². The predicted octanol–water partition coefficient (Wildman–Crippen LogP) is 6.54. The maximum absolute atomic E-state index is 13.8. The molecule has 168 valence electrons. The van der Waals surface area contributed by atoms with Gasteiger partial charge < -0.3 is 9.47 Å². The summed E-state index contributed by atoms with van der Waals surface area (Å²) in [5.41, 5.74) is 1.40. The van der Waals surface area contributed by atoms with Gasteiger partial charge in [-0.15, -0.1) is 11.3 Å². The van der Waals surface area contributed by atoms with Gasteiger partial charge in [0, 0.05) is 20.9 Å². The van der Waals surface area contributed by atoms with Crippen LogP contribution in [-0.4, -0.2) is 12.9 Å². The molecule has 1 aromatic heterocycles. The van der Waals surface area contributed by atoms with Crippen LogP contribution >= 0.6 is 11.3 Å². The van der Waals surface area contributed by atoms with E-state index in [9.17, 15) is 26.7 Å². The first-order chi connectivity index (χ1) is 15.1. The summed E-state index contributed by atoms with van der Waals surface area (Å²) in [6, 6.07) is 6.47. The van der Waals surface area contributed by atoms with Gasteiger partial charge in [-0.05, 0) is 43.7 Å². The third kappa shape index (κ3) is 4.67. The Balaban J connectivity index is 1.85. The van der Waals surface area contributed by atoms with E-state index >= 15 is 0 Å². The molecule has 0 fully saturated rings. The fourth-order valence-electron chi connectivity index (χ4n) is 3.01. The van der Waals surface area contributed by atoms with Crippen molar-refractivity contribution in [3.05, 3.63) is 85.9 Å². The average molecular weight is 468 g/mol. The molecule has 0 spiro atoms. The van der Waals surface area contributed by atoms with Gasteiger partial charge in [0.05, 0.1) is 7.11 Å². The number of ether oxygens (including phenoxy) is 2. The number of aryl methyl sites for hydroxylation is 2. The summed E-state index contributed by atoms with van der Waals surface area (Å²) >= 11 is 1.51. The lowest BCUT2D eigenvalue weighted by Crippen LogP contribution is -2.07. The van der Waals surface area contributed by atoms with Crippen molar-refractivity contribution in [2.45, 2.75) is 20.5 Å². The summed E-state index contributed by atoms with van der Waals surface area (Å²) in [7, 11) is 1.35. The van der Waals surface area contributed by atoms with Crippen molar-refractivity contribution >= 4 is 23.2 Å². The van der Waals surface area contributed by atoms with Crippen molar-refractivity contribution in [2.75, 3.05) is 7.11 Å². The van der Waals surface area contributed by atoms with Crippen LogP contribution in [-0.2, 0) is 6.61 Å². The van der Waals surface area contributed by atoms with Crippen molar-refractivity contribution in [1.82, 2.24) is 0 Å². The van der Waals surface area contributed by atoms with Crippen LogP contribution in [0.2, 0.25) is 0 Å². The molecule has 2 aromatic carbocycles. The van der Waals surface area contributed by atoms with Gasteiger partial charge in [-0.3, -0.25) is 4.79 Å². The Morgan fingerprint density at radius 2 is 1.59 bits per heavy atom. The molecule has 3 aromatic rings. The van der Waals surface area contributed by atoms with Crippen molar-refractivity contribution in [3.8, 4) is 11.5 Å². The van der Waals surface area contributed by atoms with E-state index in [0.29, 0.717) is 11.1 Å². The SMILES string of the molecule is COc1ccc(/C=C/C(=O)c2cc(C)sc2C)cc1COc1c(F)c(F)c(F)c(F)c1F. The maximum atomic E-state index is 13.8. The summed E-state index contributed by atoms with van der Waals surface area (Å²) in [6.45, 7) is 3.21. The molecule has 32 heavy (non-hydrogen) atoms.